The number of nitrogens with two attached hydrogens (primary N) is 1. The van der Waals surface area contributed by atoms with E-state index in [1.807, 2.05) is 0 Å². The van der Waals surface area contributed by atoms with Gasteiger partial charge in [0.2, 0.25) is 6.79 Å². The predicted octanol–water partition coefficient (Wildman–Crippen LogP) is 2.65. The Morgan fingerprint density at radius 3 is 2.80 bits per heavy atom. The first-order valence-corrected chi connectivity index (χ1v) is 5.34. The first kappa shape index (κ1) is 10.6. The molecule has 1 aromatic rings. The van der Waals surface area contributed by atoms with Crippen molar-refractivity contribution < 1.29 is 9.47 Å². The van der Waals surface area contributed by atoms with Gasteiger partial charge in [-0.05, 0) is 11.5 Å². The molecule has 1 aliphatic rings. The van der Waals surface area contributed by atoms with Gasteiger partial charge in [0.25, 0.3) is 0 Å². The van der Waals surface area contributed by atoms with Crippen LogP contribution in [-0.4, -0.2) is 6.79 Å². The summed E-state index contributed by atoms with van der Waals surface area (Å²) in [7, 11) is 0. The highest BCUT2D eigenvalue weighted by Gasteiger charge is 2.24. The molecule has 15 heavy (non-hydrogen) atoms. The molecule has 4 heteroatoms. The van der Waals surface area contributed by atoms with Crippen molar-refractivity contribution in [3.8, 4) is 11.5 Å². The Bertz CT molecular complexity index is 387. The second kappa shape index (κ2) is 3.91. The molecule has 2 N–H and O–H groups in total. The lowest BCUT2D eigenvalue weighted by atomic mass is 9.95. The Morgan fingerprint density at radius 2 is 2.20 bits per heavy atom. The van der Waals surface area contributed by atoms with E-state index in [2.05, 4.69) is 13.8 Å². The van der Waals surface area contributed by atoms with Crippen molar-refractivity contribution in [2.75, 3.05) is 6.79 Å². The van der Waals surface area contributed by atoms with Gasteiger partial charge >= 0.3 is 0 Å². The van der Waals surface area contributed by atoms with Crippen LogP contribution in [0.1, 0.15) is 30.9 Å². The molecule has 1 heterocycles. The van der Waals surface area contributed by atoms with Gasteiger partial charge in [0.1, 0.15) is 0 Å². The van der Waals surface area contributed by atoms with Gasteiger partial charge in [-0.3, -0.25) is 0 Å². The highest BCUT2D eigenvalue weighted by Crippen LogP contribution is 2.44. The predicted molar refractivity (Wildman–Crippen MR) is 59.6 cm³/mol. The maximum atomic E-state index is 6.14. The lowest BCUT2D eigenvalue weighted by molar-refractivity contribution is 0.173. The Kier molecular flexibility index (Phi) is 2.76. The lowest BCUT2D eigenvalue weighted by Crippen LogP contribution is -2.05. The number of halogens is 1. The summed E-state index contributed by atoms with van der Waals surface area (Å²) in [6, 6.07) is 1.78. The normalized spacial score (nSPS) is 13.7. The maximum Gasteiger partial charge on any atom is 0.231 e. The summed E-state index contributed by atoms with van der Waals surface area (Å²) in [5.74, 6) is 1.84. The van der Waals surface area contributed by atoms with E-state index in [0.29, 0.717) is 17.5 Å². The summed E-state index contributed by atoms with van der Waals surface area (Å²) in [5, 5.41) is 0.658. The van der Waals surface area contributed by atoms with Gasteiger partial charge in [0, 0.05) is 23.2 Å². The highest BCUT2D eigenvalue weighted by molar-refractivity contribution is 6.31. The second-order valence-corrected chi connectivity index (χ2v) is 4.25. The van der Waals surface area contributed by atoms with Crippen molar-refractivity contribution in [1.29, 1.82) is 0 Å². The molecular formula is C11H14ClNO2. The Morgan fingerprint density at radius 1 is 1.47 bits per heavy atom. The van der Waals surface area contributed by atoms with Crippen LogP contribution in [0.2, 0.25) is 5.02 Å². The largest absolute Gasteiger partial charge is 0.454 e. The van der Waals surface area contributed by atoms with E-state index in [1.54, 1.807) is 6.07 Å². The molecular weight excluding hydrogens is 214 g/mol. The molecule has 0 amide bonds. The van der Waals surface area contributed by atoms with Crippen LogP contribution in [0.3, 0.4) is 0 Å². The molecule has 0 aliphatic carbocycles. The van der Waals surface area contributed by atoms with E-state index in [4.69, 9.17) is 26.8 Å². The summed E-state index contributed by atoms with van der Waals surface area (Å²) >= 11 is 6.14. The van der Waals surface area contributed by atoms with E-state index >= 15 is 0 Å². The van der Waals surface area contributed by atoms with Crippen LogP contribution >= 0.6 is 11.6 Å². The zero-order valence-corrected chi connectivity index (χ0v) is 9.60. The number of ether oxygens (including phenoxy) is 2. The van der Waals surface area contributed by atoms with Crippen molar-refractivity contribution in [3.05, 3.63) is 22.2 Å². The van der Waals surface area contributed by atoms with Crippen molar-refractivity contribution in [2.45, 2.75) is 26.3 Å². The molecule has 0 spiro atoms. The topological polar surface area (TPSA) is 44.5 Å². The first-order chi connectivity index (χ1) is 7.15. The van der Waals surface area contributed by atoms with Gasteiger partial charge in [-0.1, -0.05) is 25.4 Å². The monoisotopic (exact) mass is 227 g/mol. The van der Waals surface area contributed by atoms with E-state index in [0.717, 1.165) is 22.6 Å². The van der Waals surface area contributed by atoms with Crippen LogP contribution in [0.4, 0.5) is 0 Å². The van der Waals surface area contributed by atoms with Crippen LogP contribution in [0.25, 0.3) is 0 Å². The molecule has 2 rings (SSSR count). The molecule has 0 unspecified atom stereocenters. The number of rotatable bonds is 2. The van der Waals surface area contributed by atoms with Crippen LogP contribution in [0.5, 0.6) is 11.5 Å². The smallest absolute Gasteiger partial charge is 0.231 e. The molecule has 0 bridgehead atoms. The van der Waals surface area contributed by atoms with Crippen LogP contribution in [0, 0.1) is 0 Å². The average molecular weight is 228 g/mol. The van der Waals surface area contributed by atoms with Crippen molar-refractivity contribution >= 4 is 11.6 Å². The minimum atomic E-state index is 0.263. The molecule has 0 radical (unpaired) electrons. The van der Waals surface area contributed by atoms with Gasteiger partial charge < -0.3 is 15.2 Å². The number of hydrogen-bond acceptors (Lipinski definition) is 3. The minimum Gasteiger partial charge on any atom is -0.454 e. The maximum absolute atomic E-state index is 6.14. The fourth-order valence-electron chi connectivity index (χ4n) is 1.89. The number of hydrogen-bond donors (Lipinski definition) is 1. The third-order valence-electron chi connectivity index (χ3n) is 2.54. The average Bonchev–Trinajstić information content (AvgIpc) is 2.62. The zero-order valence-electron chi connectivity index (χ0n) is 8.84. The second-order valence-electron chi connectivity index (χ2n) is 3.84. The molecule has 1 aliphatic heterocycles. The quantitative estimate of drug-likeness (QED) is 0.845. The SMILES string of the molecule is CC(C)c1c(CN)c(Cl)cc2c1OCO2. The third kappa shape index (κ3) is 1.66. The summed E-state index contributed by atoms with van der Waals surface area (Å²) in [6.07, 6.45) is 0. The molecule has 0 saturated carbocycles. The first-order valence-electron chi connectivity index (χ1n) is 4.96. The van der Waals surface area contributed by atoms with E-state index in [-0.39, 0.29) is 6.79 Å². The van der Waals surface area contributed by atoms with Crippen LogP contribution in [-0.2, 0) is 6.54 Å². The van der Waals surface area contributed by atoms with E-state index in [1.165, 1.54) is 0 Å². The summed E-state index contributed by atoms with van der Waals surface area (Å²) < 4.78 is 10.8. The van der Waals surface area contributed by atoms with Crippen LogP contribution in [0.15, 0.2) is 6.07 Å². The van der Waals surface area contributed by atoms with Crippen molar-refractivity contribution in [1.82, 2.24) is 0 Å². The van der Waals surface area contributed by atoms with Crippen LogP contribution < -0.4 is 15.2 Å². The third-order valence-corrected chi connectivity index (χ3v) is 2.88. The number of fused-ring (bicyclic) bond motifs is 1. The van der Waals surface area contributed by atoms with Gasteiger partial charge in [0.15, 0.2) is 11.5 Å². The highest BCUT2D eigenvalue weighted by atomic mass is 35.5. The molecule has 82 valence electrons. The van der Waals surface area contributed by atoms with Gasteiger partial charge in [-0.15, -0.1) is 0 Å². The molecule has 3 nitrogen and oxygen atoms in total. The number of benzene rings is 1. The Balaban J connectivity index is 2.66. The summed E-state index contributed by atoms with van der Waals surface area (Å²) in [4.78, 5) is 0. The van der Waals surface area contributed by atoms with E-state index < -0.39 is 0 Å². The lowest BCUT2D eigenvalue weighted by Gasteiger charge is -2.15. The molecule has 1 aromatic carbocycles. The molecule has 0 saturated heterocycles. The van der Waals surface area contributed by atoms with Gasteiger partial charge in [-0.2, -0.15) is 0 Å². The van der Waals surface area contributed by atoms with Crippen molar-refractivity contribution in [3.63, 3.8) is 0 Å². The molecule has 0 fully saturated rings. The molecule has 0 aromatic heterocycles. The Hall–Kier alpha value is -0.930. The van der Waals surface area contributed by atoms with Gasteiger partial charge in [0.05, 0.1) is 0 Å². The minimum absolute atomic E-state index is 0.263. The van der Waals surface area contributed by atoms with Gasteiger partial charge in [-0.25, -0.2) is 0 Å². The van der Waals surface area contributed by atoms with E-state index in [9.17, 15) is 0 Å². The van der Waals surface area contributed by atoms with Crippen molar-refractivity contribution in [2.24, 2.45) is 5.73 Å². The zero-order chi connectivity index (χ0) is 11.0. The fourth-order valence-corrected chi connectivity index (χ4v) is 2.17. The summed E-state index contributed by atoms with van der Waals surface area (Å²) in [5.41, 5.74) is 7.72. The molecule has 0 atom stereocenters. The summed E-state index contributed by atoms with van der Waals surface area (Å²) in [6.45, 7) is 4.86. The Labute approximate surface area is 94.1 Å². The fraction of sp³-hybridized carbons (Fsp3) is 0.455. The standard InChI is InChI=1S/C11H14ClNO2/c1-6(2)10-7(4-13)8(12)3-9-11(10)15-5-14-9/h3,6H,4-5,13H2,1-2H3.